The predicted octanol–water partition coefficient (Wildman–Crippen LogP) is 5.49. The lowest BCUT2D eigenvalue weighted by Gasteiger charge is -2.12. The van der Waals surface area contributed by atoms with Crippen molar-refractivity contribution in [2.24, 2.45) is 0 Å². The average Bonchev–Trinajstić information content (AvgIpc) is 2.47. The molecule has 2 aromatic rings. The predicted molar refractivity (Wildman–Crippen MR) is 94.9 cm³/mol. The summed E-state index contributed by atoms with van der Waals surface area (Å²) in [5, 5.41) is 4.01. The molecule has 2 rings (SSSR count). The third kappa shape index (κ3) is 4.67. The van der Waals surface area contributed by atoms with Crippen LogP contribution >= 0.6 is 43.5 Å². The van der Waals surface area contributed by atoms with Crippen molar-refractivity contribution >= 4 is 49.1 Å². The number of benzene rings is 2. The summed E-state index contributed by atoms with van der Waals surface area (Å²) in [5.74, 6) is 3.24. The van der Waals surface area contributed by atoms with Gasteiger partial charge in [0.15, 0.2) is 0 Å². The highest BCUT2D eigenvalue weighted by molar-refractivity contribution is 9.10. The number of ether oxygens (including phenoxy) is 1. The Balaban J connectivity index is 2.13. The van der Waals surface area contributed by atoms with Crippen LogP contribution in [0.5, 0.6) is 5.75 Å². The molecule has 0 bridgehead atoms. The molecule has 0 aliphatic heterocycles. The van der Waals surface area contributed by atoms with Gasteiger partial charge in [0.1, 0.15) is 12.4 Å². The van der Waals surface area contributed by atoms with Gasteiger partial charge in [-0.25, -0.2) is 0 Å². The van der Waals surface area contributed by atoms with E-state index in [1.165, 1.54) is 0 Å². The lowest BCUT2D eigenvalue weighted by Crippen LogP contribution is -2.04. The Morgan fingerprint density at radius 3 is 2.71 bits per heavy atom. The highest BCUT2D eigenvalue weighted by Gasteiger charge is 2.05. The molecule has 2 nitrogen and oxygen atoms in total. The van der Waals surface area contributed by atoms with Crippen LogP contribution in [0.25, 0.3) is 0 Å². The number of nitrogens with one attached hydrogen (secondary N) is 1. The maximum Gasteiger partial charge on any atom is 0.148 e. The summed E-state index contributed by atoms with van der Waals surface area (Å²) < 4.78 is 7.39. The Bertz CT molecular complexity index is 682. The van der Waals surface area contributed by atoms with Gasteiger partial charge in [-0.1, -0.05) is 33.5 Å². The molecular formula is C16H12Br2ClNO. The highest BCUT2D eigenvalue weighted by atomic mass is 79.9. The molecule has 0 amide bonds. The largest absolute Gasteiger partial charge is 0.481 e. The number of rotatable bonds is 5. The Labute approximate surface area is 146 Å². The smallest absolute Gasteiger partial charge is 0.148 e. The summed E-state index contributed by atoms with van der Waals surface area (Å²) in [4.78, 5) is 0. The van der Waals surface area contributed by atoms with Crippen LogP contribution in [0, 0.1) is 12.3 Å². The van der Waals surface area contributed by atoms with Crippen molar-refractivity contribution in [1.29, 1.82) is 0 Å². The molecule has 108 valence electrons. The molecule has 1 N–H and O–H groups in total. The van der Waals surface area contributed by atoms with Gasteiger partial charge in [0, 0.05) is 26.7 Å². The molecule has 0 fully saturated rings. The number of hydrogen-bond acceptors (Lipinski definition) is 2. The quantitative estimate of drug-likeness (QED) is 0.635. The standard InChI is InChI=1S/C16H12Br2ClNO/c1-2-7-21-16-6-3-12(17)8-11(16)10-20-13-4-5-15(19)14(18)9-13/h1,3-6,8-9,20H,7,10H2. The summed E-state index contributed by atoms with van der Waals surface area (Å²) in [6.45, 7) is 0.870. The van der Waals surface area contributed by atoms with Gasteiger partial charge in [0.25, 0.3) is 0 Å². The second-order valence-corrected chi connectivity index (χ2v) is 6.40. The summed E-state index contributed by atoms with van der Waals surface area (Å²) in [6, 6.07) is 11.5. The van der Waals surface area contributed by atoms with E-state index in [2.05, 4.69) is 43.1 Å². The fraction of sp³-hybridized carbons (Fsp3) is 0.125. The molecule has 0 aliphatic rings. The van der Waals surface area contributed by atoms with Crippen LogP contribution in [0.1, 0.15) is 5.56 Å². The monoisotopic (exact) mass is 427 g/mol. The molecule has 21 heavy (non-hydrogen) atoms. The van der Waals surface area contributed by atoms with Gasteiger partial charge in [0.05, 0.1) is 5.02 Å². The van der Waals surface area contributed by atoms with Gasteiger partial charge < -0.3 is 10.1 Å². The van der Waals surface area contributed by atoms with Gasteiger partial charge in [0.2, 0.25) is 0 Å². The van der Waals surface area contributed by atoms with Crippen LogP contribution in [0.2, 0.25) is 5.02 Å². The average molecular weight is 430 g/mol. The maximum absolute atomic E-state index is 5.98. The van der Waals surface area contributed by atoms with Gasteiger partial charge in [-0.2, -0.15) is 0 Å². The molecule has 0 heterocycles. The summed E-state index contributed by atoms with van der Waals surface area (Å²) in [5.41, 5.74) is 1.99. The highest BCUT2D eigenvalue weighted by Crippen LogP contribution is 2.27. The van der Waals surface area contributed by atoms with E-state index >= 15 is 0 Å². The van der Waals surface area contributed by atoms with Crippen LogP contribution in [-0.2, 0) is 6.54 Å². The Kier molecular flexibility index (Phi) is 5.98. The van der Waals surface area contributed by atoms with Gasteiger partial charge in [-0.05, 0) is 52.3 Å². The minimum Gasteiger partial charge on any atom is -0.481 e. The van der Waals surface area contributed by atoms with Crippen molar-refractivity contribution in [1.82, 2.24) is 0 Å². The lowest BCUT2D eigenvalue weighted by atomic mass is 10.2. The molecule has 5 heteroatoms. The zero-order valence-electron chi connectivity index (χ0n) is 11.0. The number of halogens is 3. The van der Waals surface area contributed by atoms with Crippen LogP contribution in [0.15, 0.2) is 45.3 Å². The molecule has 0 radical (unpaired) electrons. The first-order valence-electron chi connectivity index (χ1n) is 6.14. The Morgan fingerprint density at radius 2 is 2.00 bits per heavy atom. The summed E-state index contributed by atoms with van der Waals surface area (Å²) in [6.07, 6.45) is 5.23. The number of anilines is 1. The molecule has 0 unspecified atom stereocenters. The zero-order chi connectivity index (χ0) is 15.2. The Morgan fingerprint density at radius 1 is 1.19 bits per heavy atom. The fourth-order valence-corrected chi connectivity index (χ4v) is 2.65. The van der Waals surface area contributed by atoms with E-state index in [9.17, 15) is 0 Å². The second-order valence-electron chi connectivity index (χ2n) is 4.23. The van der Waals surface area contributed by atoms with Crippen LogP contribution in [0.3, 0.4) is 0 Å². The van der Waals surface area contributed by atoms with Gasteiger partial charge in [-0.15, -0.1) is 6.42 Å². The molecule has 2 aromatic carbocycles. The minimum atomic E-state index is 0.251. The van der Waals surface area contributed by atoms with Crippen molar-refractivity contribution in [3.63, 3.8) is 0 Å². The van der Waals surface area contributed by atoms with E-state index < -0.39 is 0 Å². The van der Waals surface area contributed by atoms with Crippen molar-refractivity contribution < 1.29 is 4.74 Å². The fourth-order valence-electron chi connectivity index (χ4n) is 1.75. The van der Waals surface area contributed by atoms with Crippen LogP contribution in [0.4, 0.5) is 5.69 Å². The van der Waals surface area contributed by atoms with E-state index in [1.54, 1.807) is 0 Å². The topological polar surface area (TPSA) is 21.3 Å². The van der Waals surface area contributed by atoms with E-state index in [0.717, 1.165) is 25.9 Å². The second kappa shape index (κ2) is 7.74. The van der Waals surface area contributed by atoms with Gasteiger partial charge in [-0.3, -0.25) is 0 Å². The lowest BCUT2D eigenvalue weighted by molar-refractivity contribution is 0.366. The normalized spacial score (nSPS) is 10.0. The molecule has 0 saturated carbocycles. The first-order valence-corrected chi connectivity index (χ1v) is 8.10. The summed E-state index contributed by atoms with van der Waals surface area (Å²) >= 11 is 12.9. The molecule has 0 aromatic heterocycles. The Hall–Kier alpha value is -1.15. The molecular weight excluding hydrogens is 417 g/mol. The van der Waals surface area contributed by atoms with Crippen molar-refractivity contribution in [2.45, 2.75) is 6.54 Å². The van der Waals surface area contributed by atoms with Gasteiger partial charge >= 0.3 is 0 Å². The summed E-state index contributed by atoms with van der Waals surface area (Å²) in [7, 11) is 0. The van der Waals surface area contributed by atoms with E-state index in [1.807, 2.05) is 36.4 Å². The van der Waals surface area contributed by atoms with Crippen molar-refractivity contribution in [2.75, 3.05) is 11.9 Å². The number of hydrogen-bond donors (Lipinski definition) is 1. The number of terminal acetylenes is 1. The molecule has 0 atom stereocenters. The maximum atomic E-state index is 5.98. The van der Waals surface area contributed by atoms with Crippen LogP contribution in [-0.4, -0.2) is 6.61 Å². The molecule has 0 spiro atoms. The third-order valence-electron chi connectivity index (χ3n) is 2.74. The molecule has 0 aliphatic carbocycles. The molecule has 0 saturated heterocycles. The van der Waals surface area contributed by atoms with Crippen molar-refractivity contribution in [3.05, 3.63) is 55.9 Å². The first-order chi connectivity index (χ1) is 10.1. The van der Waals surface area contributed by atoms with E-state index in [-0.39, 0.29) is 6.61 Å². The van der Waals surface area contributed by atoms with E-state index in [4.69, 9.17) is 22.8 Å². The third-order valence-corrected chi connectivity index (χ3v) is 4.44. The first kappa shape index (κ1) is 16.2. The van der Waals surface area contributed by atoms with Crippen molar-refractivity contribution in [3.8, 4) is 18.1 Å². The van der Waals surface area contributed by atoms with Crippen LogP contribution < -0.4 is 10.1 Å². The van der Waals surface area contributed by atoms with E-state index in [0.29, 0.717) is 11.6 Å². The SMILES string of the molecule is C#CCOc1ccc(Br)cc1CNc1ccc(Cl)c(Br)c1. The zero-order valence-corrected chi connectivity index (χ0v) is 14.9. The minimum absolute atomic E-state index is 0.251.